The van der Waals surface area contributed by atoms with Gasteiger partial charge in [0.25, 0.3) is 0 Å². The number of hydrogen-bond acceptors (Lipinski definition) is 5. The summed E-state index contributed by atoms with van der Waals surface area (Å²) in [6.45, 7) is 2.14. The molecule has 2 N–H and O–H groups in total. The quantitative estimate of drug-likeness (QED) is 0.826. The molecule has 15 heavy (non-hydrogen) atoms. The summed E-state index contributed by atoms with van der Waals surface area (Å²) in [5.74, 6) is 0. The zero-order valence-electron chi connectivity index (χ0n) is 8.69. The van der Waals surface area contributed by atoms with Gasteiger partial charge in [0.2, 0.25) is 0 Å². The van der Waals surface area contributed by atoms with Crippen molar-refractivity contribution in [2.75, 3.05) is 7.05 Å². The molecule has 2 aromatic heterocycles. The van der Waals surface area contributed by atoms with Gasteiger partial charge in [0, 0.05) is 11.4 Å². The summed E-state index contributed by atoms with van der Waals surface area (Å²) in [7, 11) is 1.95. The second-order valence-corrected chi connectivity index (χ2v) is 4.04. The summed E-state index contributed by atoms with van der Waals surface area (Å²) in [5.41, 5.74) is 1.88. The first-order valence-corrected chi connectivity index (χ1v) is 5.72. The highest BCUT2D eigenvalue weighted by atomic mass is 32.1. The number of nitrogens with zero attached hydrogens (tertiary/aromatic N) is 3. The van der Waals surface area contributed by atoms with E-state index in [1.807, 2.05) is 7.05 Å². The van der Waals surface area contributed by atoms with Crippen LogP contribution in [-0.4, -0.2) is 27.4 Å². The Kier molecular flexibility index (Phi) is 3.08. The van der Waals surface area contributed by atoms with Gasteiger partial charge in [-0.25, -0.2) is 4.98 Å². The zero-order chi connectivity index (χ0) is 10.7. The Balaban J connectivity index is 2.24. The molecule has 0 saturated heterocycles. The normalized spacial score (nSPS) is 12.9. The molecular formula is C9H13N5S. The molecule has 0 amide bonds. The lowest BCUT2D eigenvalue weighted by Gasteiger charge is -2.09. The fraction of sp³-hybridized carbons (Fsp3) is 0.444. The Morgan fingerprint density at radius 2 is 2.47 bits per heavy atom. The molecule has 1 atom stereocenters. The fourth-order valence-electron chi connectivity index (χ4n) is 1.43. The Labute approximate surface area is 91.9 Å². The van der Waals surface area contributed by atoms with Gasteiger partial charge in [0.15, 0.2) is 0 Å². The highest BCUT2D eigenvalue weighted by molar-refractivity contribution is 7.13. The van der Waals surface area contributed by atoms with Crippen molar-refractivity contribution in [1.29, 1.82) is 0 Å². The zero-order valence-corrected chi connectivity index (χ0v) is 9.51. The molecule has 0 aliphatic heterocycles. The number of hydrogen-bond donors (Lipinski definition) is 2. The second-order valence-electron chi connectivity index (χ2n) is 3.18. The van der Waals surface area contributed by atoms with Gasteiger partial charge in [-0.15, -0.1) is 11.3 Å². The highest BCUT2D eigenvalue weighted by Gasteiger charge is 2.12. The molecule has 0 aromatic carbocycles. The average Bonchev–Trinajstić information content (AvgIpc) is 2.89. The van der Waals surface area contributed by atoms with Crippen LogP contribution in [0.1, 0.15) is 25.1 Å². The molecule has 0 aliphatic rings. The van der Waals surface area contributed by atoms with Gasteiger partial charge in [-0.3, -0.25) is 0 Å². The van der Waals surface area contributed by atoms with Gasteiger partial charge >= 0.3 is 0 Å². The number of H-pyrrole nitrogens is 1. The predicted octanol–water partition coefficient (Wildman–Crippen LogP) is 1.60. The Hall–Kier alpha value is -1.27. The topological polar surface area (TPSA) is 66.5 Å². The molecule has 0 aliphatic carbocycles. The summed E-state index contributed by atoms with van der Waals surface area (Å²) in [6, 6.07) is 0.321. The molecule has 2 heterocycles. The maximum absolute atomic E-state index is 4.53. The predicted molar refractivity (Wildman–Crippen MR) is 59.6 cm³/mol. The molecule has 0 spiro atoms. The summed E-state index contributed by atoms with van der Waals surface area (Å²) in [6.07, 6.45) is 2.71. The minimum absolute atomic E-state index is 0.321. The van der Waals surface area contributed by atoms with Gasteiger partial charge < -0.3 is 5.32 Å². The van der Waals surface area contributed by atoms with E-state index in [0.29, 0.717) is 6.04 Å². The van der Waals surface area contributed by atoms with E-state index >= 15 is 0 Å². The molecule has 0 bridgehead atoms. The van der Waals surface area contributed by atoms with Crippen molar-refractivity contribution < 1.29 is 0 Å². The monoisotopic (exact) mass is 223 g/mol. The van der Waals surface area contributed by atoms with E-state index in [-0.39, 0.29) is 0 Å². The third-order valence-electron chi connectivity index (χ3n) is 2.27. The van der Waals surface area contributed by atoms with Crippen molar-refractivity contribution in [3.63, 3.8) is 0 Å². The average molecular weight is 223 g/mol. The van der Waals surface area contributed by atoms with E-state index in [1.165, 1.54) is 0 Å². The molecule has 0 saturated carbocycles. The van der Waals surface area contributed by atoms with E-state index in [2.05, 4.69) is 38.0 Å². The van der Waals surface area contributed by atoms with Crippen LogP contribution in [0.5, 0.6) is 0 Å². The number of rotatable bonds is 4. The van der Waals surface area contributed by atoms with Crippen LogP contribution in [0.2, 0.25) is 0 Å². The molecular weight excluding hydrogens is 210 g/mol. The van der Waals surface area contributed by atoms with E-state index in [0.717, 1.165) is 22.8 Å². The molecule has 2 aromatic rings. The van der Waals surface area contributed by atoms with Crippen LogP contribution in [0.25, 0.3) is 10.7 Å². The second kappa shape index (κ2) is 4.50. The smallest absolute Gasteiger partial charge is 0.145 e. The van der Waals surface area contributed by atoms with E-state index < -0.39 is 0 Å². The number of thiazole rings is 1. The molecule has 2 rings (SSSR count). The van der Waals surface area contributed by atoms with Crippen molar-refractivity contribution in [1.82, 2.24) is 25.7 Å². The molecule has 0 radical (unpaired) electrons. The van der Waals surface area contributed by atoms with Crippen LogP contribution >= 0.6 is 11.3 Å². The number of aromatic nitrogens is 4. The summed E-state index contributed by atoms with van der Waals surface area (Å²) in [5, 5.41) is 16.6. The third-order valence-corrected chi connectivity index (χ3v) is 3.15. The van der Waals surface area contributed by atoms with Crippen LogP contribution in [0.15, 0.2) is 11.6 Å². The highest BCUT2D eigenvalue weighted by Crippen LogP contribution is 2.25. The van der Waals surface area contributed by atoms with Crippen LogP contribution in [0, 0.1) is 0 Å². The lowest BCUT2D eigenvalue weighted by Crippen LogP contribution is -2.15. The third kappa shape index (κ3) is 2.05. The summed E-state index contributed by atoms with van der Waals surface area (Å²) < 4.78 is 0. The van der Waals surface area contributed by atoms with Crippen molar-refractivity contribution >= 4 is 11.3 Å². The molecule has 0 fully saturated rings. The van der Waals surface area contributed by atoms with E-state index in [9.17, 15) is 0 Å². The molecule has 80 valence electrons. The maximum Gasteiger partial charge on any atom is 0.145 e. The van der Waals surface area contributed by atoms with Crippen LogP contribution < -0.4 is 5.32 Å². The summed E-state index contributed by atoms with van der Waals surface area (Å²) in [4.78, 5) is 4.53. The first-order chi connectivity index (χ1) is 7.35. The van der Waals surface area contributed by atoms with Crippen molar-refractivity contribution in [3.05, 3.63) is 17.3 Å². The molecule has 1 unspecified atom stereocenters. The van der Waals surface area contributed by atoms with Gasteiger partial charge in [-0.1, -0.05) is 6.92 Å². The van der Waals surface area contributed by atoms with Crippen molar-refractivity contribution in [3.8, 4) is 10.7 Å². The standard InChI is InChI=1S/C9H13N5S/c1-3-6(10-2)8-5-15-9(12-8)7-4-11-14-13-7/h4-6,10H,3H2,1-2H3,(H,11,13,14). The van der Waals surface area contributed by atoms with Gasteiger partial charge in [0.1, 0.15) is 10.7 Å². The summed E-state index contributed by atoms with van der Waals surface area (Å²) >= 11 is 1.59. The lowest BCUT2D eigenvalue weighted by atomic mass is 10.2. The van der Waals surface area contributed by atoms with Crippen molar-refractivity contribution in [2.45, 2.75) is 19.4 Å². The largest absolute Gasteiger partial charge is 0.312 e. The van der Waals surface area contributed by atoms with Gasteiger partial charge in [-0.05, 0) is 13.5 Å². The Morgan fingerprint density at radius 3 is 3.07 bits per heavy atom. The first kappa shape index (κ1) is 10.3. The minimum Gasteiger partial charge on any atom is -0.312 e. The SMILES string of the molecule is CCC(NC)c1csc(-c2cn[nH]n2)n1. The Morgan fingerprint density at radius 1 is 1.60 bits per heavy atom. The Bertz CT molecular complexity index is 404. The van der Waals surface area contributed by atoms with E-state index in [1.54, 1.807) is 17.5 Å². The van der Waals surface area contributed by atoms with E-state index in [4.69, 9.17) is 0 Å². The minimum atomic E-state index is 0.321. The molecule has 5 nitrogen and oxygen atoms in total. The van der Waals surface area contributed by atoms with Crippen LogP contribution in [0.4, 0.5) is 0 Å². The van der Waals surface area contributed by atoms with Crippen molar-refractivity contribution in [2.24, 2.45) is 0 Å². The van der Waals surface area contributed by atoms with Crippen LogP contribution in [0.3, 0.4) is 0 Å². The number of nitrogens with one attached hydrogen (secondary N) is 2. The van der Waals surface area contributed by atoms with Gasteiger partial charge in [0.05, 0.1) is 11.9 Å². The number of aromatic amines is 1. The molecule has 6 heteroatoms. The lowest BCUT2D eigenvalue weighted by molar-refractivity contribution is 0.565. The van der Waals surface area contributed by atoms with Crippen LogP contribution in [-0.2, 0) is 0 Å². The fourth-order valence-corrected chi connectivity index (χ4v) is 2.26. The maximum atomic E-state index is 4.53. The first-order valence-electron chi connectivity index (χ1n) is 4.84. The van der Waals surface area contributed by atoms with Gasteiger partial charge in [-0.2, -0.15) is 15.4 Å².